The van der Waals surface area contributed by atoms with Gasteiger partial charge in [-0.2, -0.15) is 0 Å². The average Bonchev–Trinajstić information content (AvgIpc) is 2.84. The Labute approximate surface area is 117 Å². The molecule has 1 heterocycles. The molecule has 0 amide bonds. The molecule has 1 N–H and O–H groups in total. The average molecular weight is 276 g/mol. The van der Waals surface area contributed by atoms with E-state index in [9.17, 15) is 0 Å². The Bertz CT molecular complexity index is 613. The Balaban J connectivity index is 1.79. The van der Waals surface area contributed by atoms with Gasteiger partial charge in [-0.1, -0.05) is 35.9 Å². The third kappa shape index (κ3) is 2.47. The molecule has 3 rings (SSSR count). The van der Waals surface area contributed by atoms with Gasteiger partial charge in [0.25, 0.3) is 0 Å². The molecule has 0 saturated carbocycles. The summed E-state index contributed by atoms with van der Waals surface area (Å²) in [6.45, 7) is 3.08. The van der Waals surface area contributed by atoms with E-state index >= 15 is 0 Å². The molecule has 0 atom stereocenters. The van der Waals surface area contributed by atoms with E-state index in [2.05, 4.69) is 24.4 Å². The summed E-state index contributed by atoms with van der Waals surface area (Å²) in [6.07, 6.45) is 0. The lowest BCUT2D eigenvalue weighted by molar-refractivity contribution is 0.174. The molecule has 0 fully saturated rings. The number of hydrogen-bond acceptors (Lipinski definition) is 3. The van der Waals surface area contributed by atoms with Crippen molar-refractivity contribution in [2.24, 2.45) is 0 Å². The van der Waals surface area contributed by atoms with Gasteiger partial charge in [0, 0.05) is 18.7 Å². The van der Waals surface area contributed by atoms with Crippen LogP contribution in [0.15, 0.2) is 36.4 Å². The number of aryl methyl sites for hydroxylation is 1. The zero-order valence-electron chi connectivity index (χ0n) is 10.6. The molecule has 1 aliphatic heterocycles. The normalized spacial score (nSPS) is 12.5. The largest absolute Gasteiger partial charge is 0.454 e. The van der Waals surface area contributed by atoms with Crippen LogP contribution in [0.3, 0.4) is 0 Å². The standard InChI is InChI=1S/C15H14ClNO2/c1-10-4-2-3-5-11(10)8-17-13-7-15-14(6-12(13)16)18-9-19-15/h2-7,17H,8-9H2,1H3. The van der Waals surface area contributed by atoms with E-state index in [-0.39, 0.29) is 6.79 Å². The van der Waals surface area contributed by atoms with Crippen molar-refractivity contribution in [1.82, 2.24) is 0 Å². The van der Waals surface area contributed by atoms with E-state index in [1.165, 1.54) is 11.1 Å². The van der Waals surface area contributed by atoms with Gasteiger partial charge in [0.1, 0.15) is 0 Å². The highest BCUT2D eigenvalue weighted by Crippen LogP contribution is 2.39. The predicted molar refractivity (Wildman–Crippen MR) is 76.1 cm³/mol. The molecular formula is C15H14ClNO2. The van der Waals surface area contributed by atoms with Crippen LogP contribution in [0.25, 0.3) is 0 Å². The molecule has 2 aromatic rings. The number of ether oxygens (including phenoxy) is 2. The maximum absolute atomic E-state index is 6.22. The maximum Gasteiger partial charge on any atom is 0.231 e. The van der Waals surface area contributed by atoms with Gasteiger partial charge in [0.2, 0.25) is 6.79 Å². The van der Waals surface area contributed by atoms with Gasteiger partial charge >= 0.3 is 0 Å². The first-order chi connectivity index (χ1) is 9.24. The third-order valence-electron chi connectivity index (χ3n) is 3.19. The first-order valence-electron chi connectivity index (χ1n) is 6.11. The molecule has 0 spiro atoms. The van der Waals surface area contributed by atoms with E-state index < -0.39 is 0 Å². The van der Waals surface area contributed by atoms with Crippen molar-refractivity contribution in [3.63, 3.8) is 0 Å². The van der Waals surface area contributed by atoms with Crippen molar-refractivity contribution in [1.29, 1.82) is 0 Å². The second kappa shape index (κ2) is 5.02. The Morgan fingerprint density at radius 3 is 2.68 bits per heavy atom. The minimum absolute atomic E-state index is 0.257. The van der Waals surface area contributed by atoms with Crippen LogP contribution in [0.5, 0.6) is 11.5 Å². The minimum Gasteiger partial charge on any atom is -0.454 e. The Morgan fingerprint density at radius 2 is 1.89 bits per heavy atom. The van der Waals surface area contributed by atoms with E-state index in [4.69, 9.17) is 21.1 Å². The molecule has 0 saturated heterocycles. The molecule has 2 aromatic carbocycles. The summed E-state index contributed by atoms with van der Waals surface area (Å²) in [5.41, 5.74) is 3.36. The number of fused-ring (bicyclic) bond motifs is 1. The lowest BCUT2D eigenvalue weighted by atomic mass is 10.1. The van der Waals surface area contributed by atoms with Crippen molar-refractivity contribution in [3.8, 4) is 11.5 Å². The molecule has 0 radical (unpaired) electrons. The number of halogens is 1. The molecular weight excluding hydrogens is 262 g/mol. The van der Waals surface area contributed by atoms with Crippen LogP contribution in [0.2, 0.25) is 5.02 Å². The highest BCUT2D eigenvalue weighted by molar-refractivity contribution is 6.33. The molecule has 0 aromatic heterocycles. The molecule has 0 aliphatic carbocycles. The van der Waals surface area contributed by atoms with Crippen molar-refractivity contribution >= 4 is 17.3 Å². The number of anilines is 1. The highest BCUT2D eigenvalue weighted by Gasteiger charge is 2.16. The first kappa shape index (κ1) is 12.2. The van der Waals surface area contributed by atoms with Crippen molar-refractivity contribution in [2.45, 2.75) is 13.5 Å². The van der Waals surface area contributed by atoms with E-state index in [1.54, 1.807) is 6.07 Å². The SMILES string of the molecule is Cc1ccccc1CNc1cc2c(cc1Cl)OCO2. The lowest BCUT2D eigenvalue weighted by Crippen LogP contribution is -2.01. The summed E-state index contributed by atoms with van der Waals surface area (Å²) in [4.78, 5) is 0. The smallest absolute Gasteiger partial charge is 0.231 e. The molecule has 0 unspecified atom stereocenters. The predicted octanol–water partition coefficient (Wildman–Crippen LogP) is 3.99. The Kier molecular flexibility index (Phi) is 3.22. The van der Waals surface area contributed by atoms with Crippen LogP contribution in [-0.4, -0.2) is 6.79 Å². The molecule has 4 heteroatoms. The monoisotopic (exact) mass is 275 g/mol. The molecule has 19 heavy (non-hydrogen) atoms. The van der Waals surface area contributed by atoms with Crippen molar-refractivity contribution < 1.29 is 9.47 Å². The van der Waals surface area contributed by atoms with Gasteiger partial charge < -0.3 is 14.8 Å². The molecule has 1 aliphatic rings. The van der Waals surface area contributed by atoms with Gasteiger partial charge in [-0.25, -0.2) is 0 Å². The van der Waals surface area contributed by atoms with Gasteiger partial charge in [-0.15, -0.1) is 0 Å². The number of hydrogen-bond donors (Lipinski definition) is 1. The number of nitrogens with one attached hydrogen (secondary N) is 1. The van der Waals surface area contributed by atoms with E-state index in [0.717, 1.165) is 18.0 Å². The summed E-state index contributed by atoms with van der Waals surface area (Å²) >= 11 is 6.22. The number of rotatable bonds is 3. The second-order valence-electron chi connectivity index (χ2n) is 4.47. The molecule has 0 bridgehead atoms. The molecule has 98 valence electrons. The van der Waals surface area contributed by atoms with Crippen LogP contribution < -0.4 is 14.8 Å². The Hall–Kier alpha value is -1.87. The fraction of sp³-hybridized carbons (Fsp3) is 0.200. The van der Waals surface area contributed by atoms with Gasteiger partial charge in [0.05, 0.1) is 10.7 Å². The van der Waals surface area contributed by atoms with Crippen LogP contribution >= 0.6 is 11.6 Å². The fourth-order valence-corrected chi connectivity index (χ4v) is 2.27. The van der Waals surface area contributed by atoms with Gasteiger partial charge in [-0.05, 0) is 18.1 Å². The first-order valence-corrected chi connectivity index (χ1v) is 6.49. The summed E-state index contributed by atoms with van der Waals surface area (Å²) in [7, 11) is 0. The quantitative estimate of drug-likeness (QED) is 0.919. The van der Waals surface area contributed by atoms with Gasteiger partial charge in [-0.3, -0.25) is 0 Å². The van der Waals surface area contributed by atoms with Crippen LogP contribution in [-0.2, 0) is 6.54 Å². The third-order valence-corrected chi connectivity index (χ3v) is 3.51. The van der Waals surface area contributed by atoms with E-state index in [1.807, 2.05) is 18.2 Å². The zero-order valence-corrected chi connectivity index (χ0v) is 11.3. The number of benzene rings is 2. The summed E-state index contributed by atoms with van der Waals surface area (Å²) in [5, 5.41) is 3.97. The zero-order chi connectivity index (χ0) is 13.2. The van der Waals surface area contributed by atoms with Gasteiger partial charge in [0.15, 0.2) is 11.5 Å². The summed E-state index contributed by atoms with van der Waals surface area (Å²) < 4.78 is 10.6. The Morgan fingerprint density at radius 1 is 1.16 bits per heavy atom. The van der Waals surface area contributed by atoms with Crippen molar-refractivity contribution in [2.75, 3.05) is 12.1 Å². The summed E-state index contributed by atoms with van der Waals surface area (Å²) in [5.74, 6) is 1.43. The fourth-order valence-electron chi connectivity index (χ4n) is 2.05. The second-order valence-corrected chi connectivity index (χ2v) is 4.87. The highest BCUT2D eigenvalue weighted by atomic mass is 35.5. The summed E-state index contributed by atoms with van der Waals surface area (Å²) in [6, 6.07) is 11.9. The topological polar surface area (TPSA) is 30.5 Å². The van der Waals surface area contributed by atoms with Crippen molar-refractivity contribution in [3.05, 3.63) is 52.5 Å². The van der Waals surface area contributed by atoms with Crippen LogP contribution in [0.4, 0.5) is 5.69 Å². The minimum atomic E-state index is 0.257. The lowest BCUT2D eigenvalue weighted by Gasteiger charge is -2.11. The van der Waals surface area contributed by atoms with E-state index in [0.29, 0.717) is 10.8 Å². The molecule has 3 nitrogen and oxygen atoms in total. The maximum atomic E-state index is 6.22. The van der Waals surface area contributed by atoms with Crippen LogP contribution in [0.1, 0.15) is 11.1 Å². The van der Waals surface area contributed by atoms with Crippen LogP contribution in [0, 0.1) is 6.92 Å².